The van der Waals surface area contributed by atoms with Crippen molar-refractivity contribution in [2.75, 3.05) is 0 Å². The first-order chi connectivity index (χ1) is 7.37. The Kier molecular flexibility index (Phi) is 18.7. The zero-order valence-corrected chi connectivity index (χ0v) is 9.17. The molecule has 0 heterocycles. The van der Waals surface area contributed by atoms with E-state index in [9.17, 15) is 9.59 Å². The average molecular weight is 229 g/mol. The third-order valence-corrected chi connectivity index (χ3v) is 0.986. The summed E-state index contributed by atoms with van der Waals surface area (Å²) in [6.07, 6.45) is -0.224. The normalized spacial score (nSPS) is 8.81. The number of carbonyl (C=O) groups is 2. The number of carboxylic acid groups (broad SMARTS) is 2. The van der Waals surface area contributed by atoms with E-state index in [1.807, 2.05) is 0 Å². The molecule has 0 aromatic carbocycles. The van der Waals surface area contributed by atoms with E-state index < -0.39 is 18.0 Å². The molecule has 0 aliphatic rings. The number of nitrogens with zero attached hydrogens (tertiary/aromatic N) is 2. The lowest BCUT2D eigenvalue weighted by Crippen LogP contribution is -2.30. The summed E-state index contributed by atoms with van der Waals surface area (Å²) in [5, 5.41) is 30.9. The van der Waals surface area contributed by atoms with Gasteiger partial charge < -0.3 is 15.9 Å². The van der Waals surface area contributed by atoms with Crippen LogP contribution in [0, 0.1) is 22.7 Å². The molecule has 7 heteroatoms. The van der Waals surface area contributed by atoms with Gasteiger partial charge in [-0.3, -0.25) is 9.59 Å². The van der Waals surface area contributed by atoms with Crippen LogP contribution in [-0.4, -0.2) is 28.2 Å². The molecule has 0 fully saturated rings. The summed E-state index contributed by atoms with van der Waals surface area (Å²) in [4.78, 5) is 19.9. The number of aliphatic carboxylic acids is 2. The van der Waals surface area contributed by atoms with Gasteiger partial charge in [0, 0.05) is 20.3 Å². The summed E-state index contributed by atoms with van der Waals surface area (Å²) in [6.45, 7) is 2.86. The molecule has 0 spiro atoms. The van der Waals surface area contributed by atoms with Gasteiger partial charge in [-0.1, -0.05) is 0 Å². The van der Waals surface area contributed by atoms with Crippen LogP contribution in [0.3, 0.4) is 0 Å². The molecule has 0 rings (SSSR count). The van der Waals surface area contributed by atoms with E-state index in [1.54, 1.807) is 12.1 Å². The van der Waals surface area contributed by atoms with Crippen molar-refractivity contribution in [2.24, 2.45) is 5.73 Å². The molecule has 0 bridgehead atoms. The lowest BCUT2D eigenvalue weighted by Gasteiger charge is -2.01. The van der Waals surface area contributed by atoms with Crippen LogP contribution in [0.25, 0.3) is 0 Å². The molecule has 0 amide bonds. The van der Waals surface area contributed by atoms with Crippen LogP contribution in [0.5, 0.6) is 0 Å². The van der Waals surface area contributed by atoms with Crippen LogP contribution in [0.1, 0.15) is 26.7 Å². The van der Waals surface area contributed by atoms with E-state index in [4.69, 9.17) is 26.5 Å². The summed E-state index contributed by atoms with van der Waals surface area (Å²) in [7, 11) is 0. The Balaban J connectivity index is -0.000000235. The van der Waals surface area contributed by atoms with E-state index in [-0.39, 0.29) is 12.8 Å². The van der Waals surface area contributed by atoms with Crippen molar-refractivity contribution in [2.45, 2.75) is 32.7 Å². The summed E-state index contributed by atoms with van der Waals surface area (Å²) in [5.74, 6) is -2.20. The van der Waals surface area contributed by atoms with Gasteiger partial charge in [-0.05, 0) is 6.42 Å². The van der Waals surface area contributed by atoms with Gasteiger partial charge in [0.1, 0.15) is 6.04 Å². The Labute approximate surface area is 93.7 Å². The van der Waals surface area contributed by atoms with E-state index in [2.05, 4.69) is 0 Å². The monoisotopic (exact) mass is 229 g/mol. The predicted molar refractivity (Wildman–Crippen MR) is 55.1 cm³/mol. The minimum Gasteiger partial charge on any atom is -0.481 e. The lowest BCUT2D eigenvalue weighted by atomic mass is 10.2. The fourth-order valence-electron chi connectivity index (χ4n) is 0.402. The SMILES string of the molecule is CC#N.CC#N.N[C@@H](CCC(=O)O)C(=O)O. The second-order valence-corrected chi connectivity index (χ2v) is 2.32. The number of nitrogens with two attached hydrogens (primary N) is 1. The second-order valence-electron chi connectivity index (χ2n) is 2.32. The van der Waals surface area contributed by atoms with Crippen molar-refractivity contribution in [1.82, 2.24) is 0 Å². The number of hydrogen-bond acceptors (Lipinski definition) is 5. The molecule has 1 atom stereocenters. The van der Waals surface area contributed by atoms with Gasteiger partial charge in [-0.25, -0.2) is 0 Å². The Bertz CT molecular complexity index is 265. The highest BCUT2D eigenvalue weighted by Crippen LogP contribution is 1.93. The molecule has 0 aliphatic heterocycles. The average Bonchev–Trinajstić information content (AvgIpc) is 2.16. The van der Waals surface area contributed by atoms with E-state index in [1.165, 1.54) is 13.8 Å². The molecule has 4 N–H and O–H groups in total. The Hall–Kier alpha value is -2.12. The molecular formula is C9H15N3O4. The van der Waals surface area contributed by atoms with Crippen molar-refractivity contribution < 1.29 is 19.8 Å². The van der Waals surface area contributed by atoms with Gasteiger partial charge in [-0.2, -0.15) is 10.5 Å². The highest BCUT2D eigenvalue weighted by molar-refractivity contribution is 5.74. The minimum atomic E-state index is -1.17. The fourth-order valence-corrected chi connectivity index (χ4v) is 0.402. The largest absolute Gasteiger partial charge is 0.481 e. The second kappa shape index (κ2) is 15.4. The van der Waals surface area contributed by atoms with Crippen molar-refractivity contribution in [3.05, 3.63) is 0 Å². The van der Waals surface area contributed by atoms with Gasteiger partial charge in [-0.15, -0.1) is 0 Å². The predicted octanol–water partition coefficient (Wildman–Crippen LogP) is 0.323. The van der Waals surface area contributed by atoms with Crippen molar-refractivity contribution in [3.63, 3.8) is 0 Å². The smallest absolute Gasteiger partial charge is 0.320 e. The third kappa shape index (κ3) is 29.7. The molecule has 0 aromatic heterocycles. The molecule has 0 saturated carbocycles. The summed E-state index contributed by atoms with van der Waals surface area (Å²) in [5.41, 5.74) is 5.00. The van der Waals surface area contributed by atoms with Crippen molar-refractivity contribution >= 4 is 11.9 Å². The highest BCUT2D eigenvalue weighted by atomic mass is 16.4. The molecule has 0 saturated heterocycles. The quantitative estimate of drug-likeness (QED) is 0.628. The van der Waals surface area contributed by atoms with Crippen LogP contribution >= 0.6 is 0 Å². The maximum atomic E-state index is 9.99. The summed E-state index contributed by atoms with van der Waals surface area (Å²) in [6, 6.07) is 2.44. The maximum absolute atomic E-state index is 9.99. The molecule has 0 radical (unpaired) electrons. The first-order valence-electron chi connectivity index (χ1n) is 4.19. The topological polar surface area (TPSA) is 148 Å². The Morgan fingerprint density at radius 2 is 1.56 bits per heavy atom. The van der Waals surface area contributed by atoms with E-state index in [0.29, 0.717) is 0 Å². The van der Waals surface area contributed by atoms with Crippen LogP contribution in [0.4, 0.5) is 0 Å². The first-order valence-corrected chi connectivity index (χ1v) is 4.19. The Morgan fingerprint density at radius 1 is 1.25 bits per heavy atom. The zero-order chi connectivity index (χ0) is 13.6. The van der Waals surface area contributed by atoms with Gasteiger partial charge in [0.15, 0.2) is 0 Å². The molecule has 0 aliphatic carbocycles. The molecule has 7 nitrogen and oxygen atoms in total. The van der Waals surface area contributed by atoms with Crippen LogP contribution in [-0.2, 0) is 9.59 Å². The lowest BCUT2D eigenvalue weighted by molar-refractivity contribution is -0.139. The van der Waals surface area contributed by atoms with Crippen LogP contribution < -0.4 is 5.73 Å². The molecule has 0 unspecified atom stereocenters. The number of rotatable bonds is 4. The molecule has 90 valence electrons. The maximum Gasteiger partial charge on any atom is 0.320 e. The van der Waals surface area contributed by atoms with Crippen molar-refractivity contribution in [1.29, 1.82) is 10.5 Å². The number of carboxylic acids is 2. The van der Waals surface area contributed by atoms with Gasteiger partial charge in [0.2, 0.25) is 0 Å². The Morgan fingerprint density at radius 3 is 1.75 bits per heavy atom. The van der Waals surface area contributed by atoms with Gasteiger partial charge >= 0.3 is 11.9 Å². The minimum absolute atomic E-state index is 0.0231. The van der Waals surface area contributed by atoms with Gasteiger partial charge in [0.25, 0.3) is 0 Å². The van der Waals surface area contributed by atoms with E-state index in [0.717, 1.165) is 0 Å². The summed E-state index contributed by atoms with van der Waals surface area (Å²) >= 11 is 0. The number of nitriles is 2. The van der Waals surface area contributed by atoms with Crippen LogP contribution in [0.15, 0.2) is 0 Å². The molecule has 0 aromatic rings. The zero-order valence-electron chi connectivity index (χ0n) is 9.17. The van der Waals surface area contributed by atoms with E-state index >= 15 is 0 Å². The standard InChI is InChI=1S/C5H9NO4.2C2H3N/c6-3(5(9)10)1-2-4(7)8;2*1-2-3/h3H,1-2,6H2,(H,7,8)(H,9,10);2*1H3/t3-;;/m0../s1. The number of hydrogen-bond donors (Lipinski definition) is 3. The van der Waals surface area contributed by atoms with Crippen LogP contribution in [0.2, 0.25) is 0 Å². The third-order valence-electron chi connectivity index (χ3n) is 0.986. The molecule has 16 heavy (non-hydrogen) atoms. The van der Waals surface area contributed by atoms with Crippen molar-refractivity contribution in [3.8, 4) is 12.1 Å². The first kappa shape index (κ1) is 19.5. The fraction of sp³-hybridized carbons (Fsp3) is 0.556. The molecular weight excluding hydrogens is 214 g/mol. The van der Waals surface area contributed by atoms with Gasteiger partial charge in [0.05, 0.1) is 12.1 Å². The summed E-state index contributed by atoms with van der Waals surface area (Å²) < 4.78 is 0. The highest BCUT2D eigenvalue weighted by Gasteiger charge is 2.12.